The maximum atomic E-state index is 12.5. The first kappa shape index (κ1) is 17.4. The van der Waals surface area contributed by atoms with Gasteiger partial charge in [-0.25, -0.2) is 13.4 Å². The maximum Gasteiger partial charge on any atom is 0.267 e. The van der Waals surface area contributed by atoms with Crippen molar-refractivity contribution in [2.75, 3.05) is 16.3 Å². The number of amides is 1. The van der Waals surface area contributed by atoms with Crippen LogP contribution in [0.1, 0.15) is 32.1 Å². The predicted octanol–water partition coefficient (Wildman–Crippen LogP) is 3.00. The van der Waals surface area contributed by atoms with Crippen LogP contribution in [0.3, 0.4) is 0 Å². The van der Waals surface area contributed by atoms with Crippen molar-refractivity contribution in [1.29, 1.82) is 0 Å². The van der Waals surface area contributed by atoms with Gasteiger partial charge in [-0.2, -0.15) is 0 Å². The summed E-state index contributed by atoms with van der Waals surface area (Å²) < 4.78 is 24.8. The van der Waals surface area contributed by atoms with Gasteiger partial charge in [-0.15, -0.1) is 0 Å². The zero-order chi connectivity index (χ0) is 17.4. The van der Waals surface area contributed by atoms with Crippen LogP contribution in [0.15, 0.2) is 12.1 Å². The first-order valence-electron chi connectivity index (χ1n) is 6.91. The van der Waals surface area contributed by atoms with E-state index in [0.29, 0.717) is 10.6 Å². The molecule has 2 rings (SSSR count). The van der Waals surface area contributed by atoms with Crippen molar-refractivity contribution in [2.45, 2.75) is 27.7 Å². The van der Waals surface area contributed by atoms with Gasteiger partial charge in [0.25, 0.3) is 5.91 Å². The maximum absolute atomic E-state index is 12.5. The number of carbonyl (C=O) groups excluding carboxylic acids is 1. The molecular formula is C15H19N3O3S2. The smallest absolute Gasteiger partial charge is 0.267 e. The number of carbonyl (C=O) groups is 1. The summed E-state index contributed by atoms with van der Waals surface area (Å²) in [7, 11) is -3.42. The first-order chi connectivity index (χ1) is 10.6. The Bertz CT molecular complexity index is 847. The number of thiazole rings is 1. The van der Waals surface area contributed by atoms with E-state index in [1.54, 1.807) is 6.92 Å². The van der Waals surface area contributed by atoms with E-state index in [-0.39, 0.29) is 11.0 Å². The molecule has 0 unspecified atom stereocenters. The van der Waals surface area contributed by atoms with E-state index in [1.807, 2.05) is 32.9 Å². The minimum Gasteiger partial charge on any atom is -0.321 e. The molecule has 0 bridgehead atoms. The lowest BCUT2D eigenvalue weighted by Gasteiger charge is -2.12. The van der Waals surface area contributed by atoms with Crippen molar-refractivity contribution >= 4 is 38.1 Å². The monoisotopic (exact) mass is 353 g/mol. The van der Waals surface area contributed by atoms with Crippen LogP contribution in [0, 0.1) is 27.7 Å². The molecule has 124 valence electrons. The van der Waals surface area contributed by atoms with Crippen molar-refractivity contribution in [2.24, 2.45) is 0 Å². The Hall–Kier alpha value is -1.93. The third kappa shape index (κ3) is 4.29. The van der Waals surface area contributed by atoms with Crippen molar-refractivity contribution in [3.8, 4) is 0 Å². The number of benzene rings is 1. The number of nitrogens with zero attached hydrogens (tertiary/aromatic N) is 1. The third-order valence-corrected chi connectivity index (χ3v) is 4.96. The van der Waals surface area contributed by atoms with Crippen LogP contribution in [0.5, 0.6) is 0 Å². The third-order valence-electron chi connectivity index (χ3n) is 3.19. The molecule has 1 amide bonds. The SMILES string of the molecule is Cc1cc(C)c(NC(=O)c2sc(NS(C)(=O)=O)nc2C)c(C)c1. The average molecular weight is 353 g/mol. The van der Waals surface area contributed by atoms with Crippen LogP contribution in [0.4, 0.5) is 10.8 Å². The predicted molar refractivity (Wildman–Crippen MR) is 93.9 cm³/mol. The molecule has 6 nitrogen and oxygen atoms in total. The normalized spacial score (nSPS) is 11.3. The molecule has 2 N–H and O–H groups in total. The largest absolute Gasteiger partial charge is 0.321 e. The molecule has 0 atom stereocenters. The fourth-order valence-electron chi connectivity index (χ4n) is 2.36. The molecule has 0 fully saturated rings. The van der Waals surface area contributed by atoms with Gasteiger partial charge in [0.05, 0.1) is 11.9 Å². The van der Waals surface area contributed by atoms with Gasteiger partial charge in [-0.1, -0.05) is 29.0 Å². The van der Waals surface area contributed by atoms with Crippen LogP contribution >= 0.6 is 11.3 Å². The lowest BCUT2D eigenvalue weighted by atomic mass is 10.1. The zero-order valence-electron chi connectivity index (χ0n) is 13.6. The summed E-state index contributed by atoms with van der Waals surface area (Å²) in [6.45, 7) is 7.55. The molecule has 23 heavy (non-hydrogen) atoms. The van der Waals surface area contributed by atoms with Crippen LogP contribution in [-0.4, -0.2) is 25.6 Å². The Balaban J connectivity index is 2.29. The van der Waals surface area contributed by atoms with E-state index >= 15 is 0 Å². The Morgan fingerprint density at radius 1 is 1.13 bits per heavy atom. The Kier molecular flexibility index (Phi) is 4.76. The molecule has 0 saturated heterocycles. The summed E-state index contributed by atoms with van der Waals surface area (Å²) in [5.41, 5.74) is 4.35. The first-order valence-corrected chi connectivity index (χ1v) is 9.62. The van der Waals surface area contributed by atoms with Gasteiger partial charge in [-0.05, 0) is 38.8 Å². The molecule has 1 heterocycles. The second kappa shape index (κ2) is 6.29. The van der Waals surface area contributed by atoms with E-state index in [1.165, 1.54) is 0 Å². The van der Waals surface area contributed by atoms with Gasteiger partial charge < -0.3 is 5.32 Å². The molecule has 0 saturated carbocycles. The molecule has 1 aromatic carbocycles. The quantitative estimate of drug-likeness (QED) is 0.884. The molecule has 0 spiro atoms. The van der Waals surface area contributed by atoms with E-state index in [4.69, 9.17) is 0 Å². The van der Waals surface area contributed by atoms with E-state index in [2.05, 4.69) is 15.0 Å². The average Bonchev–Trinajstić information content (AvgIpc) is 2.72. The number of hydrogen-bond donors (Lipinski definition) is 2. The lowest BCUT2D eigenvalue weighted by Crippen LogP contribution is -2.13. The topological polar surface area (TPSA) is 88.2 Å². The summed E-state index contributed by atoms with van der Waals surface area (Å²) in [5.74, 6) is -0.295. The molecule has 0 aliphatic heterocycles. The molecule has 2 aromatic rings. The number of anilines is 2. The van der Waals surface area contributed by atoms with E-state index < -0.39 is 10.0 Å². The Morgan fingerprint density at radius 3 is 2.22 bits per heavy atom. The summed E-state index contributed by atoms with van der Waals surface area (Å²) in [6, 6.07) is 4.00. The van der Waals surface area contributed by atoms with Gasteiger partial charge >= 0.3 is 0 Å². The van der Waals surface area contributed by atoms with Crippen molar-refractivity contribution in [3.05, 3.63) is 39.4 Å². The van der Waals surface area contributed by atoms with Gasteiger partial charge in [0.2, 0.25) is 10.0 Å². The fourth-order valence-corrected chi connectivity index (χ4v) is 4.05. The molecule has 8 heteroatoms. The van der Waals surface area contributed by atoms with Gasteiger partial charge in [0.1, 0.15) is 4.88 Å². The number of hydrogen-bond acceptors (Lipinski definition) is 5. The molecule has 1 aromatic heterocycles. The Labute approximate surface area is 140 Å². The summed E-state index contributed by atoms with van der Waals surface area (Å²) >= 11 is 1.02. The molecular weight excluding hydrogens is 334 g/mol. The minimum atomic E-state index is -3.42. The molecule has 0 aliphatic rings. The van der Waals surface area contributed by atoms with Crippen molar-refractivity contribution in [3.63, 3.8) is 0 Å². The van der Waals surface area contributed by atoms with Crippen molar-refractivity contribution < 1.29 is 13.2 Å². The van der Waals surface area contributed by atoms with Gasteiger partial charge in [0, 0.05) is 5.69 Å². The standard InChI is InChI=1S/C15H19N3O3S2/c1-8-6-9(2)12(10(3)7-8)17-14(19)13-11(4)16-15(22-13)18-23(5,20)21/h6-7H,1-5H3,(H,16,18)(H,17,19). The van der Waals surface area contributed by atoms with Crippen molar-refractivity contribution in [1.82, 2.24) is 4.98 Å². The summed E-state index contributed by atoms with van der Waals surface area (Å²) in [6.07, 6.45) is 1.04. The summed E-state index contributed by atoms with van der Waals surface area (Å²) in [4.78, 5) is 17.0. The highest BCUT2D eigenvalue weighted by molar-refractivity contribution is 7.92. The second-order valence-corrected chi connectivity index (χ2v) is 8.28. The van der Waals surface area contributed by atoms with Crippen LogP contribution < -0.4 is 10.0 Å². The van der Waals surface area contributed by atoms with E-state index in [0.717, 1.165) is 40.0 Å². The number of aryl methyl sites for hydroxylation is 4. The molecule has 0 radical (unpaired) electrons. The highest BCUT2D eigenvalue weighted by atomic mass is 32.2. The minimum absolute atomic E-state index is 0.188. The number of rotatable bonds is 4. The van der Waals surface area contributed by atoms with Gasteiger partial charge in [0.15, 0.2) is 5.13 Å². The number of aromatic nitrogens is 1. The number of sulfonamides is 1. The van der Waals surface area contributed by atoms with Crippen LogP contribution in [-0.2, 0) is 10.0 Å². The highest BCUT2D eigenvalue weighted by Crippen LogP contribution is 2.27. The van der Waals surface area contributed by atoms with Crippen LogP contribution in [0.2, 0.25) is 0 Å². The fraction of sp³-hybridized carbons (Fsp3) is 0.333. The zero-order valence-corrected chi connectivity index (χ0v) is 15.3. The highest BCUT2D eigenvalue weighted by Gasteiger charge is 2.18. The lowest BCUT2D eigenvalue weighted by molar-refractivity contribution is 0.102. The summed E-state index contributed by atoms with van der Waals surface area (Å²) in [5, 5.41) is 3.08. The van der Waals surface area contributed by atoms with E-state index in [9.17, 15) is 13.2 Å². The van der Waals surface area contributed by atoms with Gasteiger partial charge in [-0.3, -0.25) is 9.52 Å². The molecule has 0 aliphatic carbocycles. The van der Waals surface area contributed by atoms with Crippen LogP contribution in [0.25, 0.3) is 0 Å². The number of nitrogens with one attached hydrogen (secondary N) is 2. The second-order valence-electron chi connectivity index (χ2n) is 5.54. The Morgan fingerprint density at radius 2 is 1.70 bits per heavy atom.